The van der Waals surface area contributed by atoms with Gasteiger partial charge >= 0.3 is 0 Å². The molecule has 1 amide bonds. The third-order valence-electron chi connectivity index (χ3n) is 5.50. The maximum atomic E-state index is 13.4. The van der Waals surface area contributed by atoms with Crippen molar-refractivity contribution in [3.8, 4) is 5.69 Å². The predicted octanol–water partition coefficient (Wildman–Crippen LogP) is 2.76. The molecule has 0 spiro atoms. The van der Waals surface area contributed by atoms with Crippen molar-refractivity contribution in [3.63, 3.8) is 0 Å². The van der Waals surface area contributed by atoms with Crippen molar-refractivity contribution in [2.24, 2.45) is 0 Å². The molecule has 0 bridgehead atoms. The summed E-state index contributed by atoms with van der Waals surface area (Å²) in [6.07, 6.45) is 4.72. The summed E-state index contributed by atoms with van der Waals surface area (Å²) in [5, 5.41) is 13.5. The fraction of sp³-hybridized carbons (Fsp3) is 0.318. The van der Waals surface area contributed by atoms with Crippen LogP contribution in [0.4, 0.5) is 10.1 Å². The van der Waals surface area contributed by atoms with Crippen molar-refractivity contribution in [1.29, 1.82) is 0 Å². The number of anilines is 1. The van der Waals surface area contributed by atoms with Crippen LogP contribution in [-0.2, 0) is 10.0 Å². The van der Waals surface area contributed by atoms with Crippen LogP contribution in [0.25, 0.3) is 16.5 Å². The van der Waals surface area contributed by atoms with Crippen LogP contribution >= 0.6 is 0 Å². The molecule has 7 nitrogen and oxygen atoms in total. The molecule has 31 heavy (non-hydrogen) atoms. The number of amides is 1. The number of aromatic nitrogens is 1. The lowest BCUT2D eigenvalue weighted by Crippen LogP contribution is -2.33. The number of hydrogen-bond acceptors (Lipinski definition) is 4. The zero-order valence-electron chi connectivity index (χ0n) is 17.3. The number of benzene rings is 2. The predicted molar refractivity (Wildman–Crippen MR) is 118 cm³/mol. The summed E-state index contributed by atoms with van der Waals surface area (Å²) >= 11 is 0. The maximum Gasteiger partial charge on any atom is 0.268 e. The van der Waals surface area contributed by atoms with Gasteiger partial charge in [-0.25, -0.2) is 12.8 Å². The normalized spacial score (nSPS) is 14.1. The second-order valence-electron chi connectivity index (χ2n) is 7.73. The zero-order chi connectivity index (χ0) is 22.3. The Morgan fingerprint density at radius 1 is 1.26 bits per heavy atom. The Hall–Kier alpha value is -2.91. The minimum absolute atomic E-state index is 0.0506. The SMILES string of the molecule is CNC(=O)c1c2cc(C3CC3)c(N(CCO)S(C)(=O)=O)cc2cn1-c1ccc(F)cc1. The number of carbonyl (C=O) groups excluding carboxylic acids is 1. The van der Waals surface area contributed by atoms with Gasteiger partial charge in [0.05, 0.1) is 25.1 Å². The Bertz CT molecular complexity index is 1250. The number of halogens is 1. The largest absolute Gasteiger partial charge is 0.394 e. The summed E-state index contributed by atoms with van der Waals surface area (Å²) < 4.78 is 41.2. The van der Waals surface area contributed by atoms with Gasteiger partial charge in [0.25, 0.3) is 5.91 Å². The number of nitrogens with one attached hydrogen (secondary N) is 1. The second kappa shape index (κ2) is 7.97. The zero-order valence-corrected chi connectivity index (χ0v) is 18.1. The molecule has 0 aliphatic heterocycles. The molecule has 1 heterocycles. The number of sulfonamides is 1. The topological polar surface area (TPSA) is 91.6 Å². The molecule has 2 N–H and O–H groups in total. The van der Waals surface area contributed by atoms with Gasteiger partial charge in [0, 0.05) is 29.7 Å². The van der Waals surface area contributed by atoms with Crippen LogP contribution in [0.1, 0.15) is 34.8 Å². The smallest absolute Gasteiger partial charge is 0.268 e. The Labute approximate surface area is 180 Å². The van der Waals surface area contributed by atoms with E-state index in [4.69, 9.17) is 0 Å². The summed E-state index contributed by atoms with van der Waals surface area (Å²) in [4.78, 5) is 12.8. The number of aliphatic hydroxyl groups is 1. The van der Waals surface area contributed by atoms with Crippen LogP contribution in [-0.4, -0.2) is 50.5 Å². The van der Waals surface area contributed by atoms with E-state index >= 15 is 0 Å². The molecule has 0 saturated heterocycles. The summed E-state index contributed by atoms with van der Waals surface area (Å²) in [6.45, 7) is -0.361. The molecule has 1 fully saturated rings. The van der Waals surface area contributed by atoms with Crippen molar-refractivity contribution >= 4 is 32.4 Å². The second-order valence-corrected chi connectivity index (χ2v) is 9.64. The lowest BCUT2D eigenvalue weighted by molar-refractivity contribution is 0.0958. The third-order valence-corrected chi connectivity index (χ3v) is 6.68. The van der Waals surface area contributed by atoms with E-state index in [1.807, 2.05) is 6.07 Å². The number of rotatable bonds is 7. The first kappa shape index (κ1) is 21.3. The van der Waals surface area contributed by atoms with Crippen LogP contribution in [0.3, 0.4) is 0 Å². The molecule has 164 valence electrons. The molecular formula is C22H24FN3O4S. The first-order valence-corrected chi connectivity index (χ1v) is 11.8. The fourth-order valence-corrected chi connectivity index (χ4v) is 4.84. The number of hydrogen-bond donors (Lipinski definition) is 2. The van der Waals surface area contributed by atoms with Gasteiger partial charge in [0.1, 0.15) is 11.5 Å². The lowest BCUT2D eigenvalue weighted by atomic mass is 10.0. The van der Waals surface area contributed by atoms with E-state index in [9.17, 15) is 22.7 Å². The summed E-state index contributed by atoms with van der Waals surface area (Å²) in [6, 6.07) is 9.44. The summed E-state index contributed by atoms with van der Waals surface area (Å²) in [5.41, 5.74) is 2.37. The summed E-state index contributed by atoms with van der Waals surface area (Å²) in [7, 11) is -2.07. The minimum atomic E-state index is -3.61. The molecule has 0 radical (unpaired) electrons. The van der Waals surface area contributed by atoms with Crippen LogP contribution in [0.15, 0.2) is 42.6 Å². The number of aliphatic hydroxyl groups excluding tert-OH is 1. The minimum Gasteiger partial charge on any atom is -0.394 e. The summed E-state index contributed by atoms with van der Waals surface area (Å²) in [5.74, 6) is -0.480. The highest BCUT2D eigenvalue weighted by atomic mass is 32.2. The van der Waals surface area contributed by atoms with Gasteiger partial charge in [0.15, 0.2) is 0 Å². The number of fused-ring (bicyclic) bond motifs is 1. The van der Waals surface area contributed by atoms with Gasteiger partial charge in [-0.1, -0.05) is 0 Å². The molecule has 0 unspecified atom stereocenters. The van der Waals surface area contributed by atoms with Gasteiger partial charge in [0.2, 0.25) is 10.0 Å². The van der Waals surface area contributed by atoms with Crippen molar-refractivity contribution in [1.82, 2.24) is 9.88 Å². The van der Waals surface area contributed by atoms with Gasteiger partial charge < -0.3 is 15.0 Å². The number of carbonyl (C=O) groups is 1. The molecule has 3 aromatic rings. The maximum absolute atomic E-state index is 13.4. The molecule has 1 aliphatic carbocycles. The van der Waals surface area contributed by atoms with Gasteiger partial charge in [-0.05, 0) is 60.7 Å². The van der Waals surface area contributed by atoms with Crippen molar-refractivity contribution < 1.29 is 22.7 Å². The average molecular weight is 446 g/mol. The van der Waals surface area contributed by atoms with Gasteiger partial charge in [-0.3, -0.25) is 9.10 Å². The molecule has 1 aromatic heterocycles. The van der Waals surface area contributed by atoms with E-state index in [2.05, 4.69) is 5.32 Å². The third kappa shape index (κ3) is 4.03. The average Bonchev–Trinajstić information content (AvgIpc) is 3.51. The van der Waals surface area contributed by atoms with Gasteiger partial charge in [-0.2, -0.15) is 0 Å². The molecule has 9 heteroatoms. The molecule has 0 atom stereocenters. The van der Waals surface area contributed by atoms with Gasteiger partial charge in [-0.15, -0.1) is 0 Å². The number of nitrogens with zero attached hydrogens (tertiary/aromatic N) is 2. The Kier molecular flexibility index (Phi) is 5.49. The monoisotopic (exact) mass is 445 g/mol. The van der Waals surface area contributed by atoms with Crippen LogP contribution in [0, 0.1) is 5.82 Å². The Morgan fingerprint density at radius 3 is 2.48 bits per heavy atom. The standard InChI is InChI=1S/C22H24FN3O4S/c1-24-22(28)21-19-12-18(14-3-4-14)20(26(9-10-27)31(2,29)30)11-15(19)13-25(21)17-7-5-16(23)6-8-17/h5-8,11-14,27H,3-4,9-10H2,1-2H3,(H,24,28). The Balaban J connectivity index is 2.00. The van der Waals surface area contributed by atoms with E-state index in [1.165, 1.54) is 16.4 Å². The molecular weight excluding hydrogens is 421 g/mol. The highest BCUT2D eigenvalue weighted by molar-refractivity contribution is 7.92. The first-order chi connectivity index (χ1) is 14.7. The van der Waals surface area contributed by atoms with E-state index in [0.29, 0.717) is 27.8 Å². The van der Waals surface area contributed by atoms with E-state index in [0.717, 1.165) is 24.7 Å². The molecule has 4 rings (SSSR count). The highest BCUT2D eigenvalue weighted by Crippen LogP contribution is 2.47. The van der Waals surface area contributed by atoms with E-state index in [-0.39, 0.29) is 30.8 Å². The van der Waals surface area contributed by atoms with Crippen LogP contribution in [0.5, 0.6) is 0 Å². The quantitative estimate of drug-likeness (QED) is 0.585. The fourth-order valence-electron chi connectivity index (χ4n) is 3.91. The van der Waals surface area contributed by atoms with Crippen molar-refractivity contribution in [2.75, 3.05) is 30.8 Å². The first-order valence-electron chi connectivity index (χ1n) is 10.00. The van der Waals surface area contributed by atoms with Crippen molar-refractivity contribution in [2.45, 2.75) is 18.8 Å². The Morgan fingerprint density at radius 2 is 1.94 bits per heavy atom. The molecule has 1 saturated carbocycles. The highest BCUT2D eigenvalue weighted by Gasteiger charge is 2.32. The molecule has 1 aliphatic rings. The van der Waals surface area contributed by atoms with E-state index in [1.54, 1.807) is 36.0 Å². The van der Waals surface area contributed by atoms with Crippen molar-refractivity contribution in [3.05, 3.63) is 59.7 Å². The van der Waals surface area contributed by atoms with E-state index < -0.39 is 10.0 Å². The molecule has 2 aromatic carbocycles. The van der Waals surface area contributed by atoms with Crippen LogP contribution in [0.2, 0.25) is 0 Å². The lowest BCUT2D eigenvalue weighted by Gasteiger charge is -2.24. The van der Waals surface area contributed by atoms with Crippen LogP contribution < -0.4 is 9.62 Å².